The average molecular weight is 433 g/mol. The highest BCUT2D eigenvalue weighted by molar-refractivity contribution is 6.13. The van der Waals surface area contributed by atoms with Crippen LogP contribution in [0.4, 0.5) is 16.2 Å². The molecule has 2 N–H and O–H groups in total. The Morgan fingerprint density at radius 2 is 1.47 bits per heavy atom. The first-order valence-electron chi connectivity index (χ1n) is 10.8. The van der Waals surface area contributed by atoms with Crippen LogP contribution in [0, 0.1) is 0 Å². The number of Topliss-reactive ketones (excluding diaryl/α,β-unsaturated/α-hetero) is 1. The van der Waals surface area contributed by atoms with Gasteiger partial charge >= 0.3 is 6.09 Å². The number of benzene rings is 3. The number of imide groups is 1. The summed E-state index contributed by atoms with van der Waals surface area (Å²) < 4.78 is 4.76. The number of nitrogen functional groups attached to an aromatic ring is 1. The molecule has 0 saturated carbocycles. The van der Waals surface area contributed by atoms with Crippen LogP contribution in [0.5, 0.6) is 0 Å². The number of hydrogen-bond acceptors (Lipinski definition) is 5. The van der Waals surface area contributed by atoms with Crippen LogP contribution in [0.2, 0.25) is 0 Å². The number of rotatable bonds is 9. The van der Waals surface area contributed by atoms with Gasteiger partial charge in [0.25, 0.3) is 0 Å². The first kappa shape index (κ1) is 23.0. The van der Waals surface area contributed by atoms with Crippen molar-refractivity contribution in [3.63, 3.8) is 0 Å². The first-order valence-corrected chi connectivity index (χ1v) is 10.8. The Kier molecular flexibility index (Phi) is 7.97. The van der Waals surface area contributed by atoms with E-state index >= 15 is 0 Å². The van der Waals surface area contributed by atoms with Gasteiger partial charge in [-0.25, -0.2) is 9.69 Å². The normalized spacial score (nSPS) is 10.7. The van der Waals surface area contributed by atoms with E-state index in [2.05, 4.69) is 0 Å². The highest BCUT2D eigenvalue weighted by atomic mass is 16.5. The molecular weight excluding hydrogens is 404 g/mol. The van der Waals surface area contributed by atoms with Crippen molar-refractivity contribution < 1.29 is 19.1 Å². The summed E-state index contributed by atoms with van der Waals surface area (Å²) in [6.07, 6.45) is 2.90. The molecule has 2 amide bonds. The second-order valence-electron chi connectivity index (χ2n) is 7.66. The summed E-state index contributed by atoms with van der Waals surface area (Å²) in [5, 5.41) is 2.18. The van der Waals surface area contributed by atoms with Crippen LogP contribution in [0.25, 0.3) is 10.8 Å². The molecule has 0 heterocycles. The van der Waals surface area contributed by atoms with Crippen molar-refractivity contribution >= 4 is 39.9 Å². The SMILES string of the molecule is COC(=O)N(C(=O)CCCCCCC(=O)c1ccc2ccccc2c1)c1ccccc1N. The van der Waals surface area contributed by atoms with Gasteiger partial charge in [-0.1, -0.05) is 61.4 Å². The van der Waals surface area contributed by atoms with Crippen molar-refractivity contribution in [1.82, 2.24) is 0 Å². The van der Waals surface area contributed by atoms with Crippen LogP contribution >= 0.6 is 0 Å². The molecule has 0 unspecified atom stereocenters. The van der Waals surface area contributed by atoms with Gasteiger partial charge in [-0.2, -0.15) is 0 Å². The third-order valence-corrected chi connectivity index (χ3v) is 5.40. The maximum absolute atomic E-state index is 12.6. The van der Waals surface area contributed by atoms with Gasteiger partial charge in [-0.3, -0.25) is 9.59 Å². The molecule has 3 aromatic carbocycles. The summed E-state index contributed by atoms with van der Waals surface area (Å²) in [6, 6.07) is 20.4. The predicted octanol–water partition coefficient (Wildman–Crippen LogP) is 5.74. The molecule has 0 aromatic heterocycles. The molecule has 6 nitrogen and oxygen atoms in total. The predicted molar refractivity (Wildman–Crippen MR) is 127 cm³/mol. The molecular formula is C26H28N2O4. The molecule has 0 saturated heterocycles. The summed E-state index contributed by atoms with van der Waals surface area (Å²) in [5.41, 5.74) is 7.31. The fourth-order valence-electron chi connectivity index (χ4n) is 3.65. The zero-order valence-electron chi connectivity index (χ0n) is 18.3. The van der Waals surface area contributed by atoms with E-state index in [1.165, 1.54) is 7.11 Å². The third kappa shape index (κ3) is 5.72. The highest BCUT2D eigenvalue weighted by Gasteiger charge is 2.25. The van der Waals surface area contributed by atoms with Gasteiger partial charge in [0.1, 0.15) is 0 Å². The number of hydrogen-bond donors (Lipinski definition) is 1. The largest absolute Gasteiger partial charge is 0.452 e. The fraction of sp³-hybridized carbons (Fsp3) is 0.269. The maximum atomic E-state index is 12.6. The molecule has 3 aromatic rings. The van der Waals surface area contributed by atoms with Crippen molar-refractivity contribution in [3.05, 3.63) is 72.3 Å². The molecule has 0 aliphatic heterocycles. The van der Waals surface area contributed by atoms with Gasteiger partial charge in [0, 0.05) is 18.4 Å². The lowest BCUT2D eigenvalue weighted by molar-refractivity contribution is -0.118. The Morgan fingerprint density at radius 1 is 0.812 bits per heavy atom. The van der Waals surface area contributed by atoms with Gasteiger partial charge < -0.3 is 10.5 Å². The number of ketones is 1. The number of unbranched alkanes of at least 4 members (excludes halogenated alkanes) is 3. The second kappa shape index (κ2) is 11.1. The summed E-state index contributed by atoms with van der Waals surface area (Å²) in [6.45, 7) is 0. The minimum atomic E-state index is -0.756. The Morgan fingerprint density at radius 3 is 2.19 bits per heavy atom. The molecule has 0 radical (unpaired) electrons. The summed E-state index contributed by atoms with van der Waals surface area (Å²) in [5.74, 6) is -0.231. The Hall–Kier alpha value is -3.67. The van der Waals surface area contributed by atoms with E-state index in [0.29, 0.717) is 24.2 Å². The average Bonchev–Trinajstić information content (AvgIpc) is 2.82. The fourth-order valence-corrected chi connectivity index (χ4v) is 3.65. The van der Waals surface area contributed by atoms with E-state index in [9.17, 15) is 14.4 Å². The van der Waals surface area contributed by atoms with Crippen molar-refractivity contribution in [1.29, 1.82) is 0 Å². The number of nitrogens with two attached hydrogens (primary N) is 1. The molecule has 0 bridgehead atoms. The Bertz CT molecular complexity index is 1110. The smallest absolute Gasteiger partial charge is 0.421 e. The Balaban J connectivity index is 1.44. The standard InChI is InChI=1S/C26H28N2O4/c1-32-26(31)28(23-13-9-8-12-22(23)27)25(30)15-5-3-2-4-14-24(29)21-17-16-19-10-6-7-11-20(19)18-21/h6-13,16-18H,2-5,14-15,27H2,1H3. The number of carbonyl (C=O) groups excluding carboxylic acids is 3. The Labute approximate surface area is 188 Å². The number of fused-ring (bicyclic) bond motifs is 1. The molecule has 3 rings (SSSR count). The summed E-state index contributed by atoms with van der Waals surface area (Å²) in [7, 11) is 1.23. The van der Waals surface area contributed by atoms with E-state index in [-0.39, 0.29) is 18.1 Å². The lowest BCUT2D eigenvalue weighted by Crippen LogP contribution is -2.37. The molecule has 6 heteroatoms. The molecule has 0 fully saturated rings. The molecule has 0 aliphatic rings. The summed E-state index contributed by atoms with van der Waals surface area (Å²) in [4.78, 5) is 38.2. The monoisotopic (exact) mass is 432 g/mol. The van der Waals surface area contributed by atoms with E-state index in [0.717, 1.165) is 40.5 Å². The quantitative estimate of drug-likeness (QED) is 0.264. The van der Waals surface area contributed by atoms with Crippen LogP contribution < -0.4 is 10.6 Å². The van der Waals surface area contributed by atoms with Crippen LogP contribution in [0.1, 0.15) is 48.9 Å². The van der Waals surface area contributed by atoms with Crippen LogP contribution in [-0.2, 0) is 9.53 Å². The maximum Gasteiger partial charge on any atom is 0.421 e. The van der Waals surface area contributed by atoms with E-state index in [1.54, 1.807) is 24.3 Å². The van der Waals surface area contributed by atoms with Crippen LogP contribution in [-0.4, -0.2) is 24.9 Å². The molecule has 0 atom stereocenters. The van der Waals surface area contributed by atoms with E-state index in [4.69, 9.17) is 10.5 Å². The highest BCUT2D eigenvalue weighted by Crippen LogP contribution is 2.25. The van der Waals surface area contributed by atoms with Crippen molar-refractivity contribution in [2.75, 3.05) is 17.7 Å². The number of methoxy groups -OCH3 is 1. The zero-order valence-corrected chi connectivity index (χ0v) is 18.3. The molecule has 0 spiro atoms. The first-order chi connectivity index (χ1) is 15.5. The minimum absolute atomic E-state index is 0.128. The van der Waals surface area contributed by atoms with Crippen molar-refractivity contribution in [2.45, 2.75) is 38.5 Å². The molecule has 32 heavy (non-hydrogen) atoms. The number of anilines is 2. The number of carbonyl (C=O) groups is 3. The van der Waals surface area contributed by atoms with Crippen LogP contribution in [0.15, 0.2) is 66.7 Å². The molecule has 0 aliphatic carbocycles. The van der Waals surface area contributed by atoms with Crippen molar-refractivity contribution in [3.8, 4) is 0 Å². The van der Waals surface area contributed by atoms with Gasteiger partial charge in [-0.15, -0.1) is 0 Å². The topological polar surface area (TPSA) is 89.7 Å². The van der Waals surface area contributed by atoms with E-state index in [1.807, 2.05) is 42.5 Å². The minimum Gasteiger partial charge on any atom is -0.452 e. The third-order valence-electron chi connectivity index (χ3n) is 5.40. The van der Waals surface area contributed by atoms with Crippen molar-refractivity contribution in [2.24, 2.45) is 0 Å². The number of nitrogens with zero attached hydrogens (tertiary/aromatic N) is 1. The van der Waals surface area contributed by atoms with Gasteiger partial charge in [0.2, 0.25) is 5.91 Å². The van der Waals surface area contributed by atoms with Gasteiger partial charge in [-0.05, 0) is 41.8 Å². The van der Waals surface area contributed by atoms with Gasteiger partial charge in [0.05, 0.1) is 18.5 Å². The lowest BCUT2D eigenvalue weighted by Gasteiger charge is -2.20. The summed E-state index contributed by atoms with van der Waals surface area (Å²) >= 11 is 0. The lowest BCUT2D eigenvalue weighted by atomic mass is 10.0. The number of amides is 2. The van der Waals surface area contributed by atoms with E-state index < -0.39 is 6.09 Å². The second-order valence-corrected chi connectivity index (χ2v) is 7.66. The number of para-hydroxylation sites is 2. The number of ether oxygens (including phenoxy) is 1. The van der Waals surface area contributed by atoms with Gasteiger partial charge in [0.15, 0.2) is 5.78 Å². The zero-order chi connectivity index (χ0) is 22.9. The molecule has 166 valence electrons. The van der Waals surface area contributed by atoms with Crippen LogP contribution in [0.3, 0.4) is 0 Å².